The van der Waals surface area contributed by atoms with Crippen LogP contribution in [0.1, 0.15) is 32.6 Å². The third-order valence-corrected chi connectivity index (χ3v) is 6.47. The molecule has 36 heavy (non-hydrogen) atoms. The van der Waals surface area contributed by atoms with Gasteiger partial charge in [-0.05, 0) is 47.9 Å². The third kappa shape index (κ3) is 4.61. The van der Waals surface area contributed by atoms with E-state index in [9.17, 15) is 4.79 Å². The van der Waals surface area contributed by atoms with Crippen molar-refractivity contribution < 1.29 is 9.53 Å². The molecule has 0 radical (unpaired) electrons. The van der Waals surface area contributed by atoms with E-state index in [0.29, 0.717) is 11.3 Å². The molecule has 0 N–H and O–H groups in total. The van der Waals surface area contributed by atoms with E-state index in [-0.39, 0.29) is 5.91 Å². The number of benzene rings is 4. The Kier molecular flexibility index (Phi) is 6.57. The molecule has 0 spiro atoms. The largest absolute Gasteiger partial charge is 0.365 e. The van der Waals surface area contributed by atoms with Gasteiger partial charge in [0, 0.05) is 23.8 Å². The Balaban J connectivity index is 1.77. The van der Waals surface area contributed by atoms with Crippen LogP contribution in [0.25, 0.3) is 11.1 Å². The van der Waals surface area contributed by atoms with Crippen LogP contribution in [0.2, 0.25) is 0 Å². The number of carbonyl (C=O) groups excluding carboxylic acids is 1. The van der Waals surface area contributed by atoms with Gasteiger partial charge < -0.3 is 4.74 Å². The number of aryl methyl sites for hydroxylation is 1. The maximum absolute atomic E-state index is 13.4. The first kappa shape index (κ1) is 23.4. The molecule has 1 aliphatic rings. The fourth-order valence-electron chi connectivity index (χ4n) is 4.51. The van der Waals surface area contributed by atoms with Crippen molar-refractivity contribution in [1.82, 2.24) is 0 Å². The monoisotopic (exact) mass is 469 g/mol. The van der Waals surface area contributed by atoms with Crippen molar-refractivity contribution in [1.29, 1.82) is 0 Å². The maximum atomic E-state index is 13.4. The minimum absolute atomic E-state index is 0.279. The second-order valence-electron chi connectivity index (χ2n) is 8.84. The number of nitrogens with zero attached hydrogens (tertiary/aromatic N) is 1. The van der Waals surface area contributed by atoms with Gasteiger partial charge in [-0.3, -0.25) is 4.79 Å². The number of hydrogen-bond donors (Lipinski definition) is 0. The van der Waals surface area contributed by atoms with E-state index in [1.807, 2.05) is 110 Å². The second-order valence-corrected chi connectivity index (χ2v) is 8.84. The molecule has 0 heterocycles. The van der Waals surface area contributed by atoms with E-state index in [4.69, 9.17) is 9.73 Å². The number of carbonyl (C=O) groups is 1. The van der Waals surface area contributed by atoms with E-state index in [1.165, 1.54) is 0 Å². The minimum atomic E-state index is -0.830. The number of amides is 1. The SMILES string of the molecule is COC1(c2ccccc2)C=C(c2ccccc2)C(=NC(=O)c2ccc(C)cc2)C(c2ccccc2)=C1. The average Bonchev–Trinajstić information content (AvgIpc) is 2.95. The molecular weight excluding hydrogens is 442 g/mol. The smallest absolute Gasteiger partial charge is 0.277 e. The van der Waals surface area contributed by atoms with Crippen molar-refractivity contribution in [2.24, 2.45) is 4.99 Å². The van der Waals surface area contributed by atoms with Gasteiger partial charge in [0.15, 0.2) is 0 Å². The molecule has 0 aliphatic heterocycles. The first-order valence-electron chi connectivity index (χ1n) is 12.0. The highest BCUT2D eigenvalue weighted by atomic mass is 16.5. The first-order valence-corrected chi connectivity index (χ1v) is 12.0. The van der Waals surface area contributed by atoms with Gasteiger partial charge in [0.25, 0.3) is 5.91 Å². The van der Waals surface area contributed by atoms with Crippen LogP contribution >= 0.6 is 0 Å². The molecule has 0 fully saturated rings. The van der Waals surface area contributed by atoms with E-state index in [2.05, 4.69) is 24.3 Å². The summed E-state index contributed by atoms with van der Waals surface area (Å²) < 4.78 is 6.23. The molecule has 0 saturated carbocycles. The number of methoxy groups -OCH3 is 1. The van der Waals surface area contributed by atoms with Crippen molar-refractivity contribution in [2.45, 2.75) is 12.5 Å². The van der Waals surface area contributed by atoms with Gasteiger partial charge in [-0.2, -0.15) is 0 Å². The Morgan fingerprint density at radius 2 is 1.14 bits per heavy atom. The molecule has 1 amide bonds. The number of rotatable bonds is 5. The van der Waals surface area contributed by atoms with Crippen molar-refractivity contribution in [2.75, 3.05) is 7.11 Å². The molecular formula is C33H27NO2. The van der Waals surface area contributed by atoms with Gasteiger partial charge in [0.1, 0.15) is 5.60 Å². The topological polar surface area (TPSA) is 38.7 Å². The molecule has 0 atom stereocenters. The zero-order valence-corrected chi connectivity index (χ0v) is 20.4. The minimum Gasteiger partial charge on any atom is -0.365 e. The lowest BCUT2D eigenvalue weighted by atomic mass is 9.78. The Morgan fingerprint density at radius 3 is 1.61 bits per heavy atom. The van der Waals surface area contributed by atoms with Crippen molar-refractivity contribution in [3.05, 3.63) is 155 Å². The predicted molar refractivity (Wildman–Crippen MR) is 147 cm³/mol. The lowest BCUT2D eigenvalue weighted by Gasteiger charge is -2.34. The summed E-state index contributed by atoms with van der Waals surface area (Å²) in [6, 6.07) is 37.7. The Labute approximate surface area is 212 Å². The highest BCUT2D eigenvalue weighted by molar-refractivity contribution is 6.47. The van der Waals surface area contributed by atoms with E-state index in [0.717, 1.165) is 33.4 Å². The zero-order valence-electron chi connectivity index (χ0n) is 20.4. The summed E-state index contributed by atoms with van der Waals surface area (Å²) in [5, 5.41) is 0. The van der Waals surface area contributed by atoms with Crippen LogP contribution in [0.3, 0.4) is 0 Å². The summed E-state index contributed by atoms with van der Waals surface area (Å²) in [5.74, 6) is -0.279. The van der Waals surface area contributed by atoms with E-state index < -0.39 is 5.60 Å². The van der Waals surface area contributed by atoms with Crippen LogP contribution in [0, 0.1) is 6.92 Å². The molecule has 0 bridgehead atoms. The van der Waals surface area contributed by atoms with Gasteiger partial charge >= 0.3 is 0 Å². The predicted octanol–water partition coefficient (Wildman–Crippen LogP) is 7.30. The van der Waals surface area contributed by atoms with Crippen LogP contribution < -0.4 is 0 Å². The summed E-state index contributed by atoms with van der Waals surface area (Å²) in [6.45, 7) is 2.00. The molecule has 4 aromatic rings. The van der Waals surface area contributed by atoms with Crippen LogP contribution in [0.15, 0.2) is 132 Å². The molecule has 3 nitrogen and oxygen atoms in total. The maximum Gasteiger partial charge on any atom is 0.277 e. The van der Waals surface area contributed by atoms with Gasteiger partial charge in [-0.1, -0.05) is 109 Å². The van der Waals surface area contributed by atoms with Crippen LogP contribution in [0.4, 0.5) is 0 Å². The molecule has 4 aromatic carbocycles. The fraction of sp³-hybridized carbons (Fsp3) is 0.0909. The fourth-order valence-corrected chi connectivity index (χ4v) is 4.51. The molecule has 3 heteroatoms. The number of hydrogen-bond acceptors (Lipinski definition) is 2. The molecule has 1 aliphatic carbocycles. The number of ether oxygens (including phenoxy) is 1. The van der Waals surface area contributed by atoms with Crippen LogP contribution in [-0.2, 0) is 10.3 Å². The van der Waals surface area contributed by atoms with E-state index in [1.54, 1.807) is 7.11 Å². The van der Waals surface area contributed by atoms with Crippen LogP contribution in [-0.4, -0.2) is 18.7 Å². The normalized spacial score (nSPS) is 17.2. The number of allylic oxidation sites excluding steroid dienone is 2. The van der Waals surface area contributed by atoms with Gasteiger partial charge in [-0.15, -0.1) is 0 Å². The van der Waals surface area contributed by atoms with Crippen molar-refractivity contribution in [3.8, 4) is 0 Å². The quantitative estimate of drug-likeness (QED) is 0.308. The average molecular weight is 470 g/mol. The lowest BCUT2D eigenvalue weighted by molar-refractivity contribution is 0.0732. The molecule has 0 aromatic heterocycles. The zero-order chi connectivity index (χ0) is 25.0. The Morgan fingerprint density at radius 1 is 0.667 bits per heavy atom. The summed E-state index contributed by atoms with van der Waals surface area (Å²) in [5.41, 5.74) is 6.08. The molecule has 5 rings (SSSR count). The van der Waals surface area contributed by atoms with Crippen molar-refractivity contribution in [3.63, 3.8) is 0 Å². The summed E-state index contributed by atoms with van der Waals surface area (Å²) >= 11 is 0. The molecule has 0 saturated heterocycles. The number of aliphatic imine (C=N–C) groups is 1. The summed E-state index contributed by atoms with van der Waals surface area (Å²) in [6.07, 6.45) is 4.15. The first-order chi connectivity index (χ1) is 17.6. The third-order valence-electron chi connectivity index (χ3n) is 6.47. The van der Waals surface area contributed by atoms with Gasteiger partial charge in [-0.25, -0.2) is 4.99 Å². The highest BCUT2D eigenvalue weighted by Crippen LogP contribution is 2.41. The van der Waals surface area contributed by atoms with Crippen molar-refractivity contribution >= 4 is 22.8 Å². The van der Waals surface area contributed by atoms with E-state index >= 15 is 0 Å². The standard InChI is InChI=1S/C33H27NO2/c1-24-18-20-27(21-19-24)32(35)34-31-29(25-12-6-3-7-13-25)22-33(36-2,28-16-10-5-11-17-28)23-30(31)26-14-8-4-9-15-26/h3-23H,1-2H3. The molecule has 0 unspecified atom stereocenters. The summed E-state index contributed by atoms with van der Waals surface area (Å²) in [4.78, 5) is 18.1. The van der Waals surface area contributed by atoms with Gasteiger partial charge in [0.2, 0.25) is 0 Å². The Hall–Kier alpha value is -4.34. The lowest BCUT2D eigenvalue weighted by Crippen LogP contribution is -2.30. The highest BCUT2D eigenvalue weighted by Gasteiger charge is 2.36. The Bertz CT molecular complexity index is 1390. The molecule has 176 valence electrons. The second kappa shape index (κ2) is 10.1. The van der Waals surface area contributed by atoms with Gasteiger partial charge in [0.05, 0.1) is 5.71 Å². The summed E-state index contributed by atoms with van der Waals surface area (Å²) in [7, 11) is 1.71. The van der Waals surface area contributed by atoms with Crippen LogP contribution in [0.5, 0.6) is 0 Å².